The molecule has 0 N–H and O–H groups in total. The third-order valence-electron chi connectivity index (χ3n) is 5.24. The molecule has 0 radical (unpaired) electrons. The molecule has 1 saturated heterocycles. The Labute approximate surface area is 158 Å². The van der Waals surface area contributed by atoms with E-state index in [4.69, 9.17) is 8.83 Å². The second-order valence-electron chi connectivity index (χ2n) is 6.89. The van der Waals surface area contributed by atoms with Crippen LogP contribution in [0, 0.1) is 0 Å². The third-order valence-corrected chi connectivity index (χ3v) is 5.24. The van der Waals surface area contributed by atoms with Gasteiger partial charge in [0.05, 0.1) is 12.2 Å². The van der Waals surface area contributed by atoms with Gasteiger partial charge in [0.15, 0.2) is 5.76 Å². The maximum atomic E-state index is 13.0. The highest BCUT2D eigenvalue weighted by atomic mass is 16.4. The quantitative estimate of drug-likeness (QED) is 0.676. The number of hydrogen-bond donors (Lipinski definition) is 0. The summed E-state index contributed by atoms with van der Waals surface area (Å²) >= 11 is 0. The normalized spacial score (nSPS) is 16.4. The minimum atomic E-state index is -0.0725. The Hall–Kier alpha value is -2.89. The molecule has 4 rings (SSSR count). The average Bonchev–Trinajstić information content (AvgIpc) is 3.41. The lowest BCUT2D eigenvalue weighted by atomic mass is 9.92. The van der Waals surface area contributed by atoms with E-state index in [1.165, 1.54) is 0 Å². The van der Waals surface area contributed by atoms with Crippen molar-refractivity contribution in [2.75, 3.05) is 13.1 Å². The van der Waals surface area contributed by atoms with E-state index < -0.39 is 0 Å². The smallest absolute Gasteiger partial charge is 0.283 e. The summed E-state index contributed by atoms with van der Waals surface area (Å²) in [5, 5.41) is 8.26. The van der Waals surface area contributed by atoms with Crippen LogP contribution in [-0.4, -0.2) is 34.1 Å². The molecule has 0 saturated carbocycles. The van der Waals surface area contributed by atoms with Crippen LogP contribution in [0.4, 0.5) is 0 Å². The van der Waals surface area contributed by atoms with Gasteiger partial charge in [-0.3, -0.25) is 4.79 Å². The van der Waals surface area contributed by atoms with Gasteiger partial charge < -0.3 is 13.7 Å². The van der Waals surface area contributed by atoms with Crippen LogP contribution < -0.4 is 0 Å². The minimum absolute atomic E-state index is 0.0725. The lowest BCUT2D eigenvalue weighted by molar-refractivity contribution is -0.134. The fourth-order valence-electron chi connectivity index (χ4n) is 3.70. The summed E-state index contributed by atoms with van der Waals surface area (Å²) in [4.78, 5) is 15.0. The second kappa shape index (κ2) is 7.78. The number of rotatable bonds is 5. The van der Waals surface area contributed by atoms with Gasteiger partial charge in [0, 0.05) is 19.0 Å². The molecular formula is C21H23N3O3. The number of hydrogen-bond acceptors (Lipinski definition) is 5. The van der Waals surface area contributed by atoms with Crippen LogP contribution >= 0.6 is 0 Å². The van der Waals surface area contributed by atoms with Crippen molar-refractivity contribution in [1.29, 1.82) is 0 Å². The SMILES string of the molecule is CCC(C(=O)N1CCC(c2nnc(-c3ccco3)o2)CC1)c1ccccc1. The van der Waals surface area contributed by atoms with E-state index in [2.05, 4.69) is 17.1 Å². The first-order valence-electron chi connectivity index (χ1n) is 9.47. The van der Waals surface area contributed by atoms with E-state index in [9.17, 15) is 4.79 Å². The van der Waals surface area contributed by atoms with Gasteiger partial charge in [0.25, 0.3) is 5.89 Å². The Morgan fingerprint density at radius 3 is 2.59 bits per heavy atom. The van der Waals surface area contributed by atoms with Crippen molar-refractivity contribution in [2.24, 2.45) is 0 Å². The van der Waals surface area contributed by atoms with E-state index in [1.54, 1.807) is 18.4 Å². The number of nitrogens with zero attached hydrogens (tertiary/aromatic N) is 3. The summed E-state index contributed by atoms with van der Waals surface area (Å²) in [6.45, 7) is 3.49. The van der Waals surface area contributed by atoms with E-state index >= 15 is 0 Å². The summed E-state index contributed by atoms with van der Waals surface area (Å²) in [5.41, 5.74) is 1.09. The van der Waals surface area contributed by atoms with Crippen molar-refractivity contribution >= 4 is 5.91 Å². The van der Waals surface area contributed by atoms with Crippen molar-refractivity contribution in [3.63, 3.8) is 0 Å². The number of piperidine rings is 1. The maximum Gasteiger partial charge on any atom is 0.283 e. The second-order valence-corrected chi connectivity index (χ2v) is 6.89. The minimum Gasteiger partial charge on any atom is -0.459 e. The molecule has 2 aromatic heterocycles. The maximum absolute atomic E-state index is 13.0. The van der Waals surface area contributed by atoms with Crippen LogP contribution in [0.1, 0.15) is 49.5 Å². The highest BCUT2D eigenvalue weighted by Crippen LogP contribution is 2.31. The molecule has 6 heteroatoms. The highest BCUT2D eigenvalue weighted by molar-refractivity contribution is 5.83. The fraction of sp³-hybridized carbons (Fsp3) is 0.381. The molecule has 1 aliphatic heterocycles. The molecule has 3 heterocycles. The molecule has 1 aliphatic rings. The number of likely N-dealkylation sites (tertiary alicyclic amines) is 1. The Morgan fingerprint density at radius 1 is 1.15 bits per heavy atom. The van der Waals surface area contributed by atoms with Crippen LogP contribution in [0.25, 0.3) is 11.7 Å². The lowest BCUT2D eigenvalue weighted by Crippen LogP contribution is -2.40. The predicted molar refractivity (Wildman–Crippen MR) is 100 cm³/mol. The summed E-state index contributed by atoms with van der Waals surface area (Å²) in [6.07, 6.45) is 4.05. The average molecular weight is 365 g/mol. The predicted octanol–water partition coefficient (Wildman–Crippen LogP) is 4.23. The molecule has 0 spiro atoms. The number of amides is 1. The van der Waals surface area contributed by atoms with Crippen LogP contribution in [0.3, 0.4) is 0 Å². The zero-order valence-electron chi connectivity index (χ0n) is 15.4. The zero-order valence-corrected chi connectivity index (χ0v) is 15.4. The first kappa shape index (κ1) is 17.5. The molecule has 0 aliphatic carbocycles. The number of carbonyl (C=O) groups is 1. The molecule has 1 fully saturated rings. The molecule has 27 heavy (non-hydrogen) atoms. The van der Waals surface area contributed by atoms with Gasteiger partial charge in [-0.15, -0.1) is 10.2 Å². The van der Waals surface area contributed by atoms with Gasteiger partial charge in [-0.05, 0) is 37.0 Å². The molecule has 3 aromatic rings. The van der Waals surface area contributed by atoms with E-state index in [0.29, 0.717) is 30.6 Å². The highest BCUT2D eigenvalue weighted by Gasteiger charge is 2.31. The molecule has 1 aromatic carbocycles. The molecule has 0 bridgehead atoms. The monoisotopic (exact) mass is 365 g/mol. The lowest BCUT2D eigenvalue weighted by Gasteiger charge is -2.33. The van der Waals surface area contributed by atoms with Crippen LogP contribution in [0.15, 0.2) is 57.6 Å². The number of aromatic nitrogens is 2. The topological polar surface area (TPSA) is 72.4 Å². The Morgan fingerprint density at radius 2 is 1.93 bits per heavy atom. The van der Waals surface area contributed by atoms with Crippen LogP contribution in [0.5, 0.6) is 0 Å². The molecular weight excluding hydrogens is 342 g/mol. The standard InChI is InChI=1S/C21H23N3O3/c1-2-17(15-7-4-3-5-8-15)21(25)24-12-10-16(11-13-24)19-22-23-20(27-19)18-9-6-14-26-18/h3-9,14,16-17H,2,10-13H2,1H3. The van der Waals surface area contributed by atoms with Gasteiger partial charge in [-0.25, -0.2) is 0 Å². The van der Waals surface area contributed by atoms with Gasteiger partial charge in [0.2, 0.25) is 11.8 Å². The van der Waals surface area contributed by atoms with E-state index in [1.807, 2.05) is 35.2 Å². The third kappa shape index (κ3) is 3.65. The Balaban J connectivity index is 1.39. The summed E-state index contributed by atoms with van der Waals surface area (Å²) in [5.74, 6) is 1.94. The van der Waals surface area contributed by atoms with E-state index in [-0.39, 0.29) is 17.7 Å². The zero-order chi connectivity index (χ0) is 18.6. The molecule has 1 amide bonds. The van der Waals surface area contributed by atoms with Crippen LogP contribution in [-0.2, 0) is 4.79 Å². The number of benzene rings is 1. The summed E-state index contributed by atoms with van der Waals surface area (Å²) < 4.78 is 11.1. The van der Waals surface area contributed by atoms with Crippen LogP contribution in [0.2, 0.25) is 0 Å². The largest absolute Gasteiger partial charge is 0.459 e. The van der Waals surface area contributed by atoms with Gasteiger partial charge >= 0.3 is 0 Å². The van der Waals surface area contributed by atoms with Crippen molar-refractivity contribution in [1.82, 2.24) is 15.1 Å². The van der Waals surface area contributed by atoms with Crippen molar-refractivity contribution < 1.29 is 13.6 Å². The number of furan rings is 1. The van der Waals surface area contributed by atoms with Gasteiger partial charge in [-0.1, -0.05) is 37.3 Å². The molecule has 6 nitrogen and oxygen atoms in total. The molecule has 140 valence electrons. The van der Waals surface area contributed by atoms with Gasteiger partial charge in [-0.2, -0.15) is 0 Å². The van der Waals surface area contributed by atoms with E-state index in [0.717, 1.165) is 24.8 Å². The first-order valence-corrected chi connectivity index (χ1v) is 9.47. The van der Waals surface area contributed by atoms with Gasteiger partial charge in [0.1, 0.15) is 0 Å². The first-order chi connectivity index (χ1) is 13.3. The van der Waals surface area contributed by atoms with Crippen molar-refractivity contribution in [2.45, 2.75) is 38.0 Å². The Kier molecular flexibility index (Phi) is 5.05. The summed E-state index contributed by atoms with van der Waals surface area (Å²) in [7, 11) is 0. The Bertz CT molecular complexity index is 865. The van der Waals surface area contributed by atoms with Crippen molar-refractivity contribution in [3.8, 4) is 11.7 Å². The molecule has 1 unspecified atom stereocenters. The summed E-state index contributed by atoms with van der Waals surface area (Å²) in [6, 6.07) is 13.6. The number of carbonyl (C=O) groups excluding carboxylic acids is 1. The molecule has 1 atom stereocenters. The fourth-order valence-corrected chi connectivity index (χ4v) is 3.70. The van der Waals surface area contributed by atoms with Crippen molar-refractivity contribution in [3.05, 3.63) is 60.2 Å².